The van der Waals surface area contributed by atoms with Crippen LogP contribution in [0.4, 0.5) is 15.8 Å². The number of carbonyl (C=O) groups excluding carboxylic acids is 1. The fourth-order valence-corrected chi connectivity index (χ4v) is 5.05. The summed E-state index contributed by atoms with van der Waals surface area (Å²) in [7, 11) is -1.36. The van der Waals surface area contributed by atoms with Crippen molar-refractivity contribution < 1.29 is 31.8 Å². The van der Waals surface area contributed by atoms with E-state index in [1.54, 1.807) is 24.3 Å². The molecule has 0 heterocycles. The molecule has 10 heteroatoms. The quantitative estimate of drug-likeness (QED) is 0.275. The van der Waals surface area contributed by atoms with Gasteiger partial charge in [-0.2, -0.15) is 0 Å². The molecule has 196 valence electrons. The van der Waals surface area contributed by atoms with Crippen molar-refractivity contribution in [2.24, 2.45) is 0 Å². The number of carbonyl (C=O) groups is 1. The number of sulfone groups is 1. The van der Waals surface area contributed by atoms with Crippen LogP contribution in [0.1, 0.15) is 0 Å². The van der Waals surface area contributed by atoms with Crippen LogP contribution < -0.4 is 24.8 Å². The second-order valence-corrected chi connectivity index (χ2v) is 9.92. The maximum Gasteiger partial charge on any atom is 0.243 e. The van der Waals surface area contributed by atoms with E-state index in [1.165, 1.54) is 38.5 Å². The average molecular weight is 537 g/mol. The van der Waals surface area contributed by atoms with Crippen LogP contribution in [0.15, 0.2) is 101 Å². The molecule has 1 amide bonds. The summed E-state index contributed by atoms with van der Waals surface area (Å²) < 4.78 is 56.9. The Hall–Kier alpha value is -4.57. The lowest BCUT2D eigenvalue weighted by molar-refractivity contribution is -0.114. The predicted molar refractivity (Wildman–Crippen MR) is 141 cm³/mol. The van der Waals surface area contributed by atoms with Gasteiger partial charge >= 0.3 is 0 Å². The molecule has 0 aromatic heterocycles. The van der Waals surface area contributed by atoms with Gasteiger partial charge in [0.1, 0.15) is 17.3 Å². The molecule has 0 unspecified atom stereocenters. The van der Waals surface area contributed by atoms with Gasteiger partial charge in [0.05, 0.1) is 36.2 Å². The van der Waals surface area contributed by atoms with Crippen LogP contribution in [0.3, 0.4) is 0 Å². The summed E-state index contributed by atoms with van der Waals surface area (Å²) in [5.41, 5.74) is 0.595. The van der Waals surface area contributed by atoms with Crippen molar-refractivity contribution in [3.05, 3.63) is 96.8 Å². The van der Waals surface area contributed by atoms with E-state index in [2.05, 4.69) is 10.6 Å². The molecule has 4 rings (SSSR count). The first-order valence-corrected chi connectivity index (χ1v) is 12.9. The zero-order valence-corrected chi connectivity index (χ0v) is 21.4. The number of rotatable bonds is 10. The standard InChI is InChI=1S/C28H25FN2O6S/c1-35-25-15-13-23(17-26(25)36-2)38(33,34)27-16-19(29)8-14-24(27)30-18-28(32)31-20-9-11-22(12-10-20)37-21-6-4-3-5-7-21/h3-17,30H,18H2,1-2H3,(H,31,32). The Balaban J connectivity index is 1.46. The van der Waals surface area contributed by atoms with Crippen LogP contribution in [-0.2, 0) is 14.6 Å². The van der Waals surface area contributed by atoms with Gasteiger partial charge in [0, 0.05) is 11.8 Å². The first kappa shape index (κ1) is 26.5. The maximum atomic E-state index is 14.1. The molecule has 0 aliphatic rings. The van der Waals surface area contributed by atoms with Crippen molar-refractivity contribution in [1.82, 2.24) is 0 Å². The molecule has 4 aromatic carbocycles. The van der Waals surface area contributed by atoms with Gasteiger partial charge in [-0.15, -0.1) is 0 Å². The molecule has 0 spiro atoms. The third-order valence-electron chi connectivity index (χ3n) is 5.45. The fourth-order valence-electron chi connectivity index (χ4n) is 3.59. The molecule has 0 saturated heterocycles. The number of benzene rings is 4. The smallest absolute Gasteiger partial charge is 0.243 e. The van der Waals surface area contributed by atoms with Crippen LogP contribution in [0.25, 0.3) is 0 Å². The first-order valence-electron chi connectivity index (χ1n) is 11.4. The lowest BCUT2D eigenvalue weighted by Gasteiger charge is -2.14. The molecule has 0 aliphatic heterocycles. The zero-order chi connectivity index (χ0) is 27.1. The van der Waals surface area contributed by atoms with Crippen molar-refractivity contribution in [3.63, 3.8) is 0 Å². The zero-order valence-electron chi connectivity index (χ0n) is 20.6. The molecule has 0 fully saturated rings. The topological polar surface area (TPSA) is 103 Å². The summed E-state index contributed by atoms with van der Waals surface area (Å²) in [6.45, 7) is -0.262. The van der Waals surface area contributed by atoms with E-state index in [-0.39, 0.29) is 27.8 Å². The van der Waals surface area contributed by atoms with Gasteiger partial charge in [-0.1, -0.05) is 18.2 Å². The number of nitrogens with one attached hydrogen (secondary N) is 2. The minimum atomic E-state index is -4.17. The molecule has 2 N–H and O–H groups in total. The monoisotopic (exact) mass is 536 g/mol. The summed E-state index contributed by atoms with van der Waals surface area (Å²) in [6.07, 6.45) is 0. The normalized spacial score (nSPS) is 10.9. The lowest BCUT2D eigenvalue weighted by atomic mass is 10.3. The van der Waals surface area contributed by atoms with Gasteiger partial charge in [0.15, 0.2) is 11.5 Å². The number of methoxy groups -OCH3 is 2. The Labute approximate surface area is 219 Å². The highest BCUT2D eigenvalue weighted by atomic mass is 32.2. The number of hydrogen-bond donors (Lipinski definition) is 2. The molecule has 4 aromatic rings. The lowest BCUT2D eigenvalue weighted by Crippen LogP contribution is -2.22. The predicted octanol–water partition coefficient (Wildman–Crippen LogP) is 5.52. The van der Waals surface area contributed by atoms with Crippen molar-refractivity contribution in [1.29, 1.82) is 0 Å². The summed E-state index contributed by atoms with van der Waals surface area (Å²) in [5, 5.41) is 5.51. The summed E-state index contributed by atoms with van der Waals surface area (Å²) in [4.78, 5) is 12.1. The fraction of sp³-hybridized carbons (Fsp3) is 0.107. The average Bonchev–Trinajstić information content (AvgIpc) is 2.93. The van der Waals surface area contributed by atoms with Crippen LogP contribution >= 0.6 is 0 Å². The summed E-state index contributed by atoms with van der Waals surface area (Å²) >= 11 is 0. The second-order valence-electron chi connectivity index (χ2n) is 8.00. The van der Waals surface area contributed by atoms with E-state index in [9.17, 15) is 17.6 Å². The van der Waals surface area contributed by atoms with E-state index >= 15 is 0 Å². The van der Waals surface area contributed by atoms with Gasteiger partial charge in [0.25, 0.3) is 0 Å². The molecular formula is C28H25FN2O6S. The number of para-hydroxylation sites is 1. The van der Waals surface area contributed by atoms with Crippen LogP contribution in [0.5, 0.6) is 23.0 Å². The number of anilines is 2. The van der Waals surface area contributed by atoms with E-state index in [1.807, 2.05) is 30.3 Å². The highest BCUT2D eigenvalue weighted by molar-refractivity contribution is 7.91. The number of hydrogen-bond acceptors (Lipinski definition) is 7. The van der Waals surface area contributed by atoms with Gasteiger partial charge < -0.3 is 24.8 Å². The van der Waals surface area contributed by atoms with Crippen molar-refractivity contribution >= 4 is 27.1 Å². The third-order valence-corrected chi connectivity index (χ3v) is 7.25. The highest BCUT2D eigenvalue weighted by Crippen LogP contribution is 2.34. The summed E-state index contributed by atoms with van der Waals surface area (Å²) in [6, 6.07) is 23.4. The Morgan fingerprint density at radius 2 is 1.50 bits per heavy atom. The molecule has 38 heavy (non-hydrogen) atoms. The van der Waals surface area contributed by atoms with Crippen LogP contribution in [0.2, 0.25) is 0 Å². The summed E-state index contributed by atoms with van der Waals surface area (Å²) in [5.74, 6) is 0.673. The Morgan fingerprint density at radius 1 is 0.816 bits per heavy atom. The third kappa shape index (κ3) is 6.22. The van der Waals surface area contributed by atoms with E-state index < -0.39 is 21.6 Å². The highest BCUT2D eigenvalue weighted by Gasteiger charge is 2.24. The van der Waals surface area contributed by atoms with Gasteiger partial charge in [0.2, 0.25) is 15.7 Å². The van der Waals surface area contributed by atoms with E-state index in [0.717, 1.165) is 12.1 Å². The molecule has 0 bridgehead atoms. The molecule has 0 aliphatic carbocycles. The SMILES string of the molecule is COc1ccc(S(=O)(=O)c2cc(F)ccc2NCC(=O)Nc2ccc(Oc3ccccc3)cc2)cc1OC. The van der Waals surface area contributed by atoms with Crippen molar-refractivity contribution in [3.8, 4) is 23.0 Å². The van der Waals surface area contributed by atoms with Crippen molar-refractivity contribution in [2.45, 2.75) is 9.79 Å². The number of ether oxygens (including phenoxy) is 3. The second kappa shape index (κ2) is 11.7. The minimum Gasteiger partial charge on any atom is -0.493 e. The largest absolute Gasteiger partial charge is 0.493 e. The Bertz CT molecular complexity index is 1530. The molecule has 0 atom stereocenters. The first-order chi connectivity index (χ1) is 18.3. The molecule has 8 nitrogen and oxygen atoms in total. The number of amides is 1. The van der Waals surface area contributed by atoms with Gasteiger partial charge in [-0.05, 0) is 66.7 Å². The minimum absolute atomic E-state index is 0.0722. The Kier molecular flexibility index (Phi) is 8.12. The number of halogens is 1. The molecule has 0 saturated carbocycles. The Morgan fingerprint density at radius 3 is 2.18 bits per heavy atom. The van der Waals surface area contributed by atoms with Gasteiger partial charge in [-0.25, -0.2) is 12.8 Å². The van der Waals surface area contributed by atoms with Gasteiger partial charge in [-0.3, -0.25) is 4.79 Å². The van der Waals surface area contributed by atoms with Crippen LogP contribution in [0, 0.1) is 5.82 Å². The molecular weight excluding hydrogens is 511 g/mol. The maximum absolute atomic E-state index is 14.1. The van der Waals surface area contributed by atoms with E-state index in [4.69, 9.17) is 14.2 Å². The van der Waals surface area contributed by atoms with Crippen LogP contribution in [-0.4, -0.2) is 35.1 Å². The molecule has 0 radical (unpaired) electrons. The van der Waals surface area contributed by atoms with Crippen molar-refractivity contribution in [2.75, 3.05) is 31.4 Å². The van der Waals surface area contributed by atoms with E-state index in [0.29, 0.717) is 22.9 Å².